The highest BCUT2D eigenvalue weighted by atomic mass is 19.3. The molecule has 10 nitrogen and oxygen atoms in total. The van der Waals surface area contributed by atoms with E-state index < -0.39 is 42.0 Å². The number of rotatable bonds is 6. The van der Waals surface area contributed by atoms with E-state index in [2.05, 4.69) is 41.5 Å². The van der Waals surface area contributed by atoms with Crippen molar-refractivity contribution in [1.29, 1.82) is 5.26 Å². The molecule has 1 saturated heterocycles. The number of likely N-dealkylation sites (tertiary alicyclic amines) is 1. The zero-order chi connectivity index (χ0) is 27.7. The van der Waals surface area contributed by atoms with Gasteiger partial charge in [0.05, 0.1) is 12.6 Å². The molecule has 38 heavy (non-hydrogen) atoms. The number of nitrogens with one attached hydrogen (secondary N) is 2. The predicted octanol–water partition coefficient (Wildman–Crippen LogP) is 2.79. The zero-order valence-corrected chi connectivity index (χ0v) is 21.7. The van der Waals surface area contributed by atoms with Crippen LogP contribution in [0.25, 0.3) is 0 Å². The second-order valence-electron chi connectivity index (χ2n) is 11.1. The average molecular weight is 530 g/mol. The number of aliphatic hydroxyl groups excluding tert-OH is 1. The van der Waals surface area contributed by atoms with E-state index in [9.17, 15) is 28.7 Å². The lowest BCUT2D eigenvalue weighted by Gasteiger charge is -2.35. The molecule has 204 valence electrons. The summed E-state index contributed by atoms with van der Waals surface area (Å²) in [5, 5.41) is 32.9. The summed E-state index contributed by atoms with van der Waals surface area (Å²) in [6.45, 7) is 6.15. The second kappa shape index (κ2) is 10.6. The van der Waals surface area contributed by atoms with Crippen molar-refractivity contribution in [2.24, 2.45) is 0 Å². The molecule has 2 aliphatic rings. The SMILES string of the molecule is CC(C)(C)c1ccc(N(C(=O)[C@H]2C[C@@H](O)CN2C#N)C(C(=O)NC2CCC(F)(F)CC2)c2c[nH]nn2)cc1. The number of H-pyrrole nitrogens is 1. The number of nitriles is 1. The van der Waals surface area contributed by atoms with E-state index in [1.807, 2.05) is 18.3 Å². The minimum Gasteiger partial charge on any atom is -0.391 e. The Bertz CT molecular complexity index is 1160. The number of hydrogen-bond acceptors (Lipinski definition) is 7. The first-order valence-corrected chi connectivity index (χ1v) is 12.7. The fourth-order valence-electron chi connectivity index (χ4n) is 5.04. The third-order valence-corrected chi connectivity index (χ3v) is 7.23. The Morgan fingerprint density at radius 3 is 2.47 bits per heavy atom. The number of halogens is 2. The van der Waals surface area contributed by atoms with Crippen molar-refractivity contribution in [3.05, 3.63) is 41.7 Å². The first-order chi connectivity index (χ1) is 17.9. The van der Waals surface area contributed by atoms with E-state index in [4.69, 9.17) is 0 Å². The number of amides is 2. The molecule has 1 aromatic heterocycles. The number of aliphatic hydroxyl groups is 1. The summed E-state index contributed by atoms with van der Waals surface area (Å²) in [6.07, 6.45) is 2.05. The number of benzene rings is 1. The molecule has 1 unspecified atom stereocenters. The number of carbonyl (C=O) groups is 2. The van der Waals surface area contributed by atoms with Crippen molar-refractivity contribution in [3.63, 3.8) is 0 Å². The summed E-state index contributed by atoms with van der Waals surface area (Å²) >= 11 is 0. The van der Waals surface area contributed by atoms with E-state index in [0.29, 0.717) is 5.69 Å². The average Bonchev–Trinajstić information content (AvgIpc) is 3.52. The van der Waals surface area contributed by atoms with Crippen LogP contribution >= 0.6 is 0 Å². The van der Waals surface area contributed by atoms with Crippen LogP contribution in [0, 0.1) is 11.5 Å². The molecule has 3 atom stereocenters. The Morgan fingerprint density at radius 2 is 1.92 bits per heavy atom. The first kappa shape index (κ1) is 27.4. The zero-order valence-electron chi connectivity index (χ0n) is 21.7. The van der Waals surface area contributed by atoms with Crippen molar-refractivity contribution in [1.82, 2.24) is 25.6 Å². The van der Waals surface area contributed by atoms with E-state index in [0.717, 1.165) is 5.56 Å². The molecular formula is C26H33F2N7O3. The van der Waals surface area contributed by atoms with Crippen LogP contribution in [0.5, 0.6) is 0 Å². The fourth-order valence-corrected chi connectivity index (χ4v) is 5.04. The second-order valence-corrected chi connectivity index (χ2v) is 11.1. The molecule has 2 aromatic rings. The number of alkyl halides is 2. The van der Waals surface area contributed by atoms with Gasteiger partial charge in [0, 0.05) is 37.2 Å². The number of hydrogen-bond donors (Lipinski definition) is 3. The van der Waals surface area contributed by atoms with Crippen molar-refractivity contribution >= 4 is 17.5 Å². The van der Waals surface area contributed by atoms with E-state index >= 15 is 0 Å². The number of β-amino-alcohol motifs (C(OH)–C–C–N with tert-alkyl or cyclic N) is 1. The highest BCUT2D eigenvalue weighted by molar-refractivity contribution is 6.03. The topological polar surface area (TPSA) is 138 Å². The molecule has 0 bridgehead atoms. The number of aromatic nitrogens is 3. The minimum absolute atomic E-state index is 0.000811. The van der Waals surface area contributed by atoms with E-state index in [1.54, 1.807) is 12.1 Å². The molecule has 1 aromatic carbocycles. The van der Waals surface area contributed by atoms with Gasteiger partial charge in [-0.3, -0.25) is 24.5 Å². The third kappa shape index (κ3) is 5.93. The molecular weight excluding hydrogens is 496 g/mol. The van der Waals surface area contributed by atoms with Gasteiger partial charge in [0.2, 0.25) is 11.8 Å². The minimum atomic E-state index is -2.76. The summed E-state index contributed by atoms with van der Waals surface area (Å²) in [7, 11) is 0. The van der Waals surface area contributed by atoms with Crippen LogP contribution in [-0.4, -0.2) is 67.9 Å². The molecule has 4 rings (SSSR count). The summed E-state index contributed by atoms with van der Waals surface area (Å²) in [5.74, 6) is -3.91. The fraction of sp³-hybridized carbons (Fsp3) is 0.577. The molecule has 0 spiro atoms. The lowest BCUT2D eigenvalue weighted by atomic mass is 9.87. The van der Waals surface area contributed by atoms with Crippen LogP contribution < -0.4 is 10.2 Å². The quantitative estimate of drug-likeness (QED) is 0.489. The monoisotopic (exact) mass is 529 g/mol. The number of anilines is 1. The summed E-state index contributed by atoms with van der Waals surface area (Å²) in [4.78, 5) is 30.3. The first-order valence-electron chi connectivity index (χ1n) is 12.7. The number of aromatic amines is 1. The van der Waals surface area contributed by atoms with Crippen LogP contribution in [-0.2, 0) is 15.0 Å². The van der Waals surface area contributed by atoms with Crippen molar-refractivity contribution in [3.8, 4) is 6.19 Å². The van der Waals surface area contributed by atoms with Gasteiger partial charge in [0.15, 0.2) is 12.2 Å². The van der Waals surface area contributed by atoms with Crippen LogP contribution in [0.2, 0.25) is 0 Å². The van der Waals surface area contributed by atoms with Gasteiger partial charge < -0.3 is 10.4 Å². The summed E-state index contributed by atoms with van der Waals surface area (Å²) in [6, 6.07) is 4.41. The Balaban J connectivity index is 1.73. The standard InChI is InChI=1S/C26H33F2N7O3/c1-25(2,3)16-4-6-18(7-5-16)35(24(38)21-12-19(36)14-34(21)15-29)22(20-13-30-33-32-20)23(37)31-17-8-10-26(27,28)11-9-17/h4-7,13,17,19,21-22,36H,8-12,14H2,1-3H3,(H,31,37)(H,30,32,33)/t19-,21-,22?/m1/s1. The maximum Gasteiger partial charge on any atom is 0.251 e. The Morgan fingerprint density at radius 1 is 1.26 bits per heavy atom. The predicted molar refractivity (Wildman–Crippen MR) is 134 cm³/mol. The molecule has 2 fully saturated rings. The molecule has 0 radical (unpaired) electrons. The van der Waals surface area contributed by atoms with Gasteiger partial charge in [-0.05, 0) is 36.0 Å². The molecule has 2 amide bonds. The van der Waals surface area contributed by atoms with Gasteiger partial charge >= 0.3 is 0 Å². The lowest BCUT2D eigenvalue weighted by molar-refractivity contribution is -0.129. The Hall–Kier alpha value is -3.59. The van der Waals surface area contributed by atoms with E-state index in [-0.39, 0.29) is 49.8 Å². The van der Waals surface area contributed by atoms with Gasteiger partial charge in [-0.25, -0.2) is 8.78 Å². The van der Waals surface area contributed by atoms with Crippen molar-refractivity contribution < 1.29 is 23.5 Å². The normalized spacial score (nSPS) is 22.5. The van der Waals surface area contributed by atoms with Crippen molar-refractivity contribution in [2.75, 3.05) is 11.4 Å². The lowest BCUT2D eigenvalue weighted by Crippen LogP contribution is -2.52. The number of carbonyl (C=O) groups excluding carboxylic acids is 2. The molecule has 12 heteroatoms. The van der Waals surface area contributed by atoms with Gasteiger partial charge in [-0.1, -0.05) is 38.1 Å². The van der Waals surface area contributed by atoms with Gasteiger partial charge in [0.1, 0.15) is 11.7 Å². The molecule has 1 saturated carbocycles. The molecule has 3 N–H and O–H groups in total. The maximum atomic E-state index is 14.0. The maximum absolute atomic E-state index is 14.0. The third-order valence-electron chi connectivity index (χ3n) is 7.23. The van der Waals surface area contributed by atoms with Gasteiger partial charge in [0.25, 0.3) is 5.91 Å². The summed E-state index contributed by atoms with van der Waals surface area (Å²) < 4.78 is 27.4. The number of nitrogens with zero attached hydrogens (tertiary/aromatic N) is 5. The van der Waals surface area contributed by atoms with Crippen LogP contribution in [0.1, 0.15) is 70.2 Å². The highest BCUT2D eigenvalue weighted by Gasteiger charge is 2.44. The molecule has 2 heterocycles. The van der Waals surface area contributed by atoms with Crippen LogP contribution in [0.3, 0.4) is 0 Å². The van der Waals surface area contributed by atoms with Crippen LogP contribution in [0.15, 0.2) is 30.5 Å². The van der Waals surface area contributed by atoms with Crippen molar-refractivity contribution in [2.45, 2.75) is 88.4 Å². The highest BCUT2D eigenvalue weighted by Crippen LogP contribution is 2.35. The van der Waals surface area contributed by atoms with Gasteiger partial charge in [-0.2, -0.15) is 5.26 Å². The molecule has 1 aliphatic heterocycles. The van der Waals surface area contributed by atoms with Gasteiger partial charge in [-0.15, -0.1) is 5.10 Å². The summed E-state index contributed by atoms with van der Waals surface area (Å²) in [5.41, 5.74) is 1.39. The smallest absolute Gasteiger partial charge is 0.251 e. The van der Waals surface area contributed by atoms with Crippen LogP contribution in [0.4, 0.5) is 14.5 Å². The Labute approximate surface area is 220 Å². The Kier molecular flexibility index (Phi) is 7.69. The molecule has 1 aliphatic carbocycles. The largest absolute Gasteiger partial charge is 0.391 e. The van der Waals surface area contributed by atoms with E-state index in [1.165, 1.54) is 16.0 Å².